The number of nitrogens with one attached hydrogen (secondary N) is 1. The van der Waals surface area contributed by atoms with E-state index in [4.69, 9.17) is 9.84 Å². The minimum Gasteiger partial charge on any atom is -0.481 e. The SMILES string of the molecule is CCCN(CC(=O)OCC)C(=O)NCC(C)CCC(=O)O. The van der Waals surface area contributed by atoms with Crippen LogP contribution < -0.4 is 5.32 Å². The Kier molecular flexibility index (Phi) is 10.0. The molecule has 0 aromatic rings. The van der Waals surface area contributed by atoms with Crippen molar-refractivity contribution in [3.05, 3.63) is 0 Å². The highest BCUT2D eigenvalue weighted by Crippen LogP contribution is 2.04. The second-order valence-electron chi connectivity index (χ2n) is 4.95. The van der Waals surface area contributed by atoms with Crippen LogP contribution in [-0.2, 0) is 14.3 Å². The number of rotatable bonds is 10. The van der Waals surface area contributed by atoms with Gasteiger partial charge in [0.1, 0.15) is 6.54 Å². The molecule has 0 saturated heterocycles. The van der Waals surface area contributed by atoms with Gasteiger partial charge < -0.3 is 20.1 Å². The second-order valence-corrected chi connectivity index (χ2v) is 4.95. The monoisotopic (exact) mass is 302 g/mol. The summed E-state index contributed by atoms with van der Waals surface area (Å²) in [7, 11) is 0. The molecule has 1 atom stereocenters. The van der Waals surface area contributed by atoms with Crippen LogP contribution in [0.3, 0.4) is 0 Å². The van der Waals surface area contributed by atoms with E-state index in [1.807, 2.05) is 13.8 Å². The molecule has 0 aliphatic carbocycles. The fraction of sp³-hybridized carbons (Fsp3) is 0.786. The molecule has 0 aliphatic heterocycles. The van der Waals surface area contributed by atoms with Gasteiger partial charge in [0, 0.05) is 19.5 Å². The summed E-state index contributed by atoms with van der Waals surface area (Å²) in [6.45, 7) is 6.57. The third-order valence-corrected chi connectivity index (χ3v) is 2.86. The maximum absolute atomic E-state index is 12.0. The van der Waals surface area contributed by atoms with Crippen LogP contribution in [0.2, 0.25) is 0 Å². The van der Waals surface area contributed by atoms with Crippen molar-refractivity contribution in [3.63, 3.8) is 0 Å². The average molecular weight is 302 g/mol. The molecule has 0 rings (SSSR count). The van der Waals surface area contributed by atoms with Gasteiger partial charge in [-0.05, 0) is 25.7 Å². The van der Waals surface area contributed by atoms with E-state index in [2.05, 4.69) is 5.32 Å². The van der Waals surface area contributed by atoms with Crippen LogP contribution >= 0.6 is 0 Å². The first-order valence-electron chi connectivity index (χ1n) is 7.30. The highest BCUT2D eigenvalue weighted by atomic mass is 16.5. The lowest BCUT2D eigenvalue weighted by Gasteiger charge is -2.22. The van der Waals surface area contributed by atoms with Crippen molar-refractivity contribution in [3.8, 4) is 0 Å². The van der Waals surface area contributed by atoms with Crippen LogP contribution in [0.25, 0.3) is 0 Å². The van der Waals surface area contributed by atoms with E-state index in [-0.39, 0.29) is 31.5 Å². The Bertz CT molecular complexity index is 346. The van der Waals surface area contributed by atoms with E-state index < -0.39 is 11.9 Å². The molecular formula is C14H26N2O5. The first-order chi connectivity index (χ1) is 9.90. The highest BCUT2D eigenvalue weighted by Gasteiger charge is 2.17. The molecule has 0 heterocycles. The standard InChI is InChI=1S/C14H26N2O5/c1-4-8-16(10-13(19)21-5-2)14(20)15-9-11(3)6-7-12(17)18/h11H,4-10H2,1-3H3,(H,15,20)(H,17,18). The summed E-state index contributed by atoms with van der Waals surface area (Å²) in [4.78, 5) is 35.3. The molecule has 21 heavy (non-hydrogen) atoms. The molecule has 0 spiro atoms. The van der Waals surface area contributed by atoms with Crippen LogP contribution in [0.15, 0.2) is 0 Å². The number of aliphatic carboxylic acids is 1. The topological polar surface area (TPSA) is 95.9 Å². The number of nitrogens with zero attached hydrogens (tertiary/aromatic N) is 1. The second kappa shape index (κ2) is 10.9. The Morgan fingerprint density at radius 1 is 1.29 bits per heavy atom. The minimum absolute atomic E-state index is 0.0659. The molecule has 0 saturated carbocycles. The molecule has 0 aromatic heterocycles. The van der Waals surface area contributed by atoms with Crippen molar-refractivity contribution in [2.75, 3.05) is 26.2 Å². The van der Waals surface area contributed by atoms with E-state index in [1.165, 1.54) is 4.90 Å². The zero-order valence-corrected chi connectivity index (χ0v) is 13.1. The summed E-state index contributed by atoms with van der Waals surface area (Å²) in [6.07, 6.45) is 1.32. The average Bonchev–Trinajstić information content (AvgIpc) is 2.42. The third kappa shape index (κ3) is 9.70. The van der Waals surface area contributed by atoms with E-state index in [0.717, 1.165) is 6.42 Å². The maximum Gasteiger partial charge on any atom is 0.325 e. The van der Waals surface area contributed by atoms with E-state index in [9.17, 15) is 14.4 Å². The number of carboxylic acid groups (broad SMARTS) is 1. The normalized spacial score (nSPS) is 11.6. The van der Waals surface area contributed by atoms with Crippen LogP contribution in [0.4, 0.5) is 4.79 Å². The van der Waals surface area contributed by atoms with Crippen molar-refractivity contribution in [2.24, 2.45) is 5.92 Å². The lowest BCUT2D eigenvalue weighted by molar-refractivity contribution is -0.143. The van der Waals surface area contributed by atoms with Gasteiger partial charge in [0.15, 0.2) is 0 Å². The highest BCUT2D eigenvalue weighted by molar-refractivity contribution is 5.80. The smallest absolute Gasteiger partial charge is 0.325 e. The molecule has 2 amide bonds. The summed E-state index contributed by atoms with van der Waals surface area (Å²) in [6, 6.07) is -0.327. The number of ether oxygens (including phenoxy) is 1. The first-order valence-corrected chi connectivity index (χ1v) is 7.30. The van der Waals surface area contributed by atoms with Gasteiger partial charge in [-0.3, -0.25) is 9.59 Å². The van der Waals surface area contributed by atoms with Gasteiger partial charge in [-0.15, -0.1) is 0 Å². The zero-order valence-electron chi connectivity index (χ0n) is 13.1. The van der Waals surface area contributed by atoms with E-state index >= 15 is 0 Å². The van der Waals surface area contributed by atoms with Gasteiger partial charge in [-0.2, -0.15) is 0 Å². The van der Waals surface area contributed by atoms with Gasteiger partial charge in [-0.25, -0.2) is 4.79 Å². The Hall–Kier alpha value is -1.79. The number of amides is 2. The fourth-order valence-corrected chi connectivity index (χ4v) is 1.73. The first kappa shape index (κ1) is 19.2. The van der Waals surface area contributed by atoms with Gasteiger partial charge in [0.25, 0.3) is 0 Å². The Morgan fingerprint density at radius 2 is 1.95 bits per heavy atom. The quantitative estimate of drug-likeness (QED) is 0.596. The molecular weight excluding hydrogens is 276 g/mol. The van der Waals surface area contributed by atoms with Crippen molar-refractivity contribution < 1.29 is 24.2 Å². The molecule has 7 heteroatoms. The number of hydrogen-bond acceptors (Lipinski definition) is 4. The van der Waals surface area contributed by atoms with E-state index in [1.54, 1.807) is 6.92 Å². The third-order valence-electron chi connectivity index (χ3n) is 2.86. The number of esters is 1. The molecule has 1 unspecified atom stereocenters. The Balaban J connectivity index is 4.22. The van der Waals surface area contributed by atoms with Crippen molar-refractivity contribution in [1.82, 2.24) is 10.2 Å². The van der Waals surface area contributed by atoms with Crippen molar-refractivity contribution in [1.29, 1.82) is 0 Å². The van der Waals surface area contributed by atoms with Gasteiger partial charge in [-0.1, -0.05) is 13.8 Å². The fourth-order valence-electron chi connectivity index (χ4n) is 1.73. The summed E-state index contributed by atoms with van der Waals surface area (Å²) in [5.74, 6) is -1.21. The number of carboxylic acids is 1. The van der Waals surface area contributed by atoms with Gasteiger partial charge in [0.2, 0.25) is 0 Å². The van der Waals surface area contributed by atoms with Crippen LogP contribution in [0.5, 0.6) is 0 Å². The maximum atomic E-state index is 12.0. The Labute approximate surface area is 125 Å². The Morgan fingerprint density at radius 3 is 2.48 bits per heavy atom. The van der Waals surface area contributed by atoms with Gasteiger partial charge >= 0.3 is 18.0 Å². The number of carbonyl (C=O) groups is 3. The molecule has 0 aromatic carbocycles. The summed E-state index contributed by atoms with van der Waals surface area (Å²) < 4.78 is 4.83. The lowest BCUT2D eigenvalue weighted by Crippen LogP contribution is -2.44. The number of hydrogen-bond donors (Lipinski definition) is 2. The van der Waals surface area contributed by atoms with Crippen LogP contribution in [-0.4, -0.2) is 54.2 Å². The zero-order chi connectivity index (χ0) is 16.3. The number of urea groups is 1. The molecule has 0 radical (unpaired) electrons. The molecule has 2 N–H and O–H groups in total. The minimum atomic E-state index is -0.844. The van der Waals surface area contributed by atoms with E-state index in [0.29, 0.717) is 19.5 Å². The predicted molar refractivity (Wildman–Crippen MR) is 77.9 cm³/mol. The lowest BCUT2D eigenvalue weighted by atomic mass is 10.1. The molecule has 0 fully saturated rings. The molecule has 0 bridgehead atoms. The molecule has 0 aliphatic rings. The predicted octanol–water partition coefficient (Wildman–Crippen LogP) is 1.47. The van der Waals surface area contributed by atoms with Crippen LogP contribution in [0.1, 0.15) is 40.0 Å². The van der Waals surface area contributed by atoms with Crippen molar-refractivity contribution >= 4 is 18.0 Å². The van der Waals surface area contributed by atoms with Gasteiger partial charge in [0.05, 0.1) is 6.61 Å². The van der Waals surface area contributed by atoms with Crippen molar-refractivity contribution in [2.45, 2.75) is 40.0 Å². The molecule has 122 valence electrons. The summed E-state index contributed by atoms with van der Waals surface area (Å²) >= 11 is 0. The summed E-state index contributed by atoms with van der Waals surface area (Å²) in [5, 5.41) is 11.3. The summed E-state index contributed by atoms with van der Waals surface area (Å²) in [5.41, 5.74) is 0. The van der Waals surface area contributed by atoms with Crippen LogP contribution in [0, 0.1) is 5.92 Å². The molecule has 7 nitrogen and oxygen atoms in total. The largest absolute Gasteiger partial charge is 0.481 e. The number of carbonyl (C=O) groups excluding carboxylic acids is 2.